The molecule has 29 heavy (non-hydrogen) atoms. The van der Waals surface area contributed by atoms with E-state index in [1.165, 1.54) is 0 Å². The van der Waals surface area contributed by atoms with Crippen LogP contribution in [0.25, 0.3) is 0 Å². The quantitative estimate of drug-likeness (QED) is 0.681. The van der Waals surface area contributed by atoms with Crippen LogP contribution in [0.4, 0.5) is 0 Å². The SMILES string of the molecule is CC(C)(C)OC1CC(Oc2cnc(C#CCCN3CC(OC(C)(C)C)C3)nc2)C1. The van der Waals surface area contributed by atoms with Gasteiger partial charge >= 0.3 is 0 Å². The number of rotatable bonds is 6. The second-order valence-electron chi connectivity index (χ2n) is 9.97. The Morgan fingerprint density at radius 3 is 2.10 bits per heavy atom. The molecule has 0 spiro atoms. The normalized spacial score (nSPS) is 23.0. The number of aromatic nitrogens is 2. The predicted octanol–water partition coefficient (Wildman–Crippen LogP) is 3.44. The van der Waals surface area contributed by atoms with Crippen molar-refractivity contribution in [3.05, 3.63) is 18.2 Å². The van der Waals surface area contributed by atoms with Crippen molar-refractivity contribution < 1.29 is 14.2 Å². The highest BCUT2D eigenvalue weighted by molar-refractivity contribution is 5.23. The maximum atomic E-state index is 5.94. The standard InChI is InChI=1S/C23H35N3O3/c1-22(2,3)28-18-11-17(12-18)27-19-13-24-21(25-14-19)9-7-8-10-26-15-20(16-26)29-23(4,5)6/h13-14,17-18,20H,8,10-12,15-16H2,1-6H3. The molecule has 0 aromatic carbocycles. The molecule has 0 radical (unpaired) electrons. The molecule has 1 saturated heterocycles. The van der Waals surface area contributed by atoms with Crippen molar-refractivity contribution in [3.8, 4) is 17.6 Å². The van der Waals surface area contributed by atoms with Crippen molar-refractivity contribution in [1.29, 1.82) is 0 Å². The summed E-state index contributed by atoms with van der Waals surface area (Å²) in [4.78, 5) is 11.0. The van der Waals surface area contributed by atoms with Gasteiger partial charge in [-0.05, 0) is 47.5 Å². The first-order valence-electron chi connectivity index (χ1n) is 10.6. The Bertz CT molecular complexity index is 713. The summed E-state index contributed by atoms with van der Waals surface area (Å²) in [5, 5.41) is 0. The molecule has 6 nitrogen and oxygen atoms in total. The Labute approximate surface area is 175 Å². The van der Waals surface area contributed by atoms with E-state index in [9.17, 15) is 0 Å². The second-order valence-corrected chi connectivity index (χ2v) is 9.97. The monoisotopic (exact) mass is 401 g/mol. The summed E-state index contributed by atoms with van der Waals surface area (Å²) >= 11 is 0. The van der Waals surface area contributed by atoms with E-state index in [-0.39, 0.29) is 23.4 Å². The third-order valence-electron chi connectivity index (χ3n) is 4.70. The molecule has 3 rings (SSSR count). The predicted molar refractivity (Wildman–Crippen MR) is 113 cm³/mol. The zero-order valence-corrected chi connectivity index (χ0v) is 18.7. The molecule has 0 atom stereocenters. The molecule has 1 aromatic heterocycles. The van der Waals surface area contributed by atoms with E-state index >= 15 is 0 Å². The van der Waals surface area contributed by atoms with E-state index in [1.807, 2.05) is 0 Å². The van der Waals surface area contributed by atoms with Gasteiger partial charge in [0.25, 0.3) is 0 Å². The van der Waals surface area contributed by atoms with Gasteiger partial charge in [0, 0.05) is 38.9 Å². The first-order chi connectivity index (χ1) is 13.6. The van der Waals surface area contributed by atoms with Gasteiger partial charge in [-0.1, -0.05) is 5.92 Å². The lowest BCUT2D eigenvalue weighted by atomic mass is 9.91. The van der Waals surface area contributed by atoms with Crippen LogP contribution in [-0.2, 0) is 9.47 Å². The van der Waals surface area contributed by atoms with Gasteiger partial charge in [0.2, 0.25) is 5.82 Å². The smallest absolute Gasteiger partial charge is 0.205 e. The van der Waals surface area contributed by atoms with E-state index in [0.29, 0.717) is 17.7 Å². The Morgan fingerprint density at radius 1 is 0.931 bits per heavy atom. The molecule has 0 unspecified atom stereocenters. The lowest BCUT2D eigenvalue weighted by molar-refractivity contribution is -0.126. The van der Waals surface area contributed by atoms with Crippen LogP contribution < -0.4 is 4.74 Å². The number of ether oxygens (including phenoxy) is 3. The minimum Gasteiger partial charge on any atom is -0.487 e. The van der Waals surface area contributed by atoms with Gasteiger partial charge in [0.05, 0.1) is 35.8 Å². The molecule has 0 bridgehead atoms. The van der Waals surface area contributed by atoms with E-state index in [1.54, 1.807) is 12.4 Å². The first-order valence-corrected chi connectivity index (χ1v) is 10.6. The zero-order valence-electron chi connectivity index (χ0n) is 18.7. The molecule has 2 fully saturated rings. The Hall–Kier alpha value is -1.68. The Morgan fingerprint density at radius 2 is 1.52 bits per heavy atom. The highest BCUT2D eigenvalue weighted by Crippen LogP contribution is 2.30. The summed E-state index contributed by atoms with van der Waals surface area (Å²) in [7, 11) is 0. The molecule has 1 saturated carbocycles. The van der Waals surface area contributed by atoms with Gasteiger partial charge in [-0.2, -0.15) is 0 Å². The topological polar surface area (TPSA) is 56.7 Å². The number of hydrogen-bond acceptors (Lipinski definition) is 6. The van der Waals surface area contributed by atoms with E-state index in [2.05, 4.69) is 68.3 Å². The third-order valence-corrected chi connectivity index (χ3v) is 4.70. The highest BCUT2D eigenvalue weighted by Gasteiger charge is 2.34. The average Bonchev–Trinajstić information content (AvgIpc) is 2.53. The summed E-state index contributed by atoms with van der Waals surface area (Å²) < 4.78 is 17.8. The van der Waals surface area contributed by atoms with Crippen molar-refractivity contribution in [2.45, 2.75) is 90.3 Å². The third kappa shape index (κ3) is 7.58. The molecule has 1 aliphatic carbocycles. The lowest BCUT2D eigenvalue weighted by Crippen LogP contribution is -2.54. The maximum absolute atomic E-state index is 5.94. The van der Waals surface area contributed by atoms with Gasteiger partial charge in [0.1, 0.15) is 6.10 Å². The molecule has 0 N–H and O–H groups in total. The van der Waals surface area contributed by atoms with E-state index in [4.69, 9.17) is 14.2 Å². The van der Waals surface area contributed by atoms with Crippen molar-refractivity contribution in [3.63, 3.8) is 0 Å². The average molecular weight is 402 g/mol. The number of hydrogen-bond donors (Lipinski definition) is 0. The van der Waals surface area contributed by atoms with Crippen LogP contribution in [0, 0.1) is 11.8 Å². The molecule has 160 valence electrons. The highest BCUT2D eigenvalue weighted by atomic mass is 16.5. The summed E-state index contributed by atoms with van der Waals surface area (Å²) in [5.41, 5.74) is -0.166. The lowest BCUT2D eigenvalue weighted by Gasteiger charge is -2.41. The van der Waals surface area contributed by atoms with Crippen molar-refractivity contribution in [2.24, 2.45) is 0 Å². The molecule has 0 amide bonds. The largest absolute Gasteiger partial charge is 0.487 e. The van der Waals surface area contributed by atoms with Crippen LogP contribution in [0.1, 0.15) is 66.6 Å². The second kappa shape index (κ2) is 8.99. The summed E-state index contributed by atoms with van der Waals surface area (Å²) in [6.07, 6.45) is 6.87. The van der Waals surface area contributed by atoms with Crippen LogP contribution in [0.5, 0.6) is 5.75 Å². The summed E-state index contributed by atoms with van der Waals surface area (Å²) in [6, 6.07) is 0. The number of likely N-dealkylation sites (tertiary alicyclic amines) is 1. The number of nitrogens with zero attached hydrogens (tertiary/aromatic N) is 3. The van der Waals surface area contributed by atoms with E-state index in [0.717, 1.165) is 38.9 Å². The summed E-state index contributed by atoms with van der Waals surface area (Å²) in [5.74, 6) is 7.43. The molecule has 1 aliphatic heterocycles. The summed E-state index contributed by atoms with van der Waals surface area (Å²) in [6.45, 7) is 15.5. The first kappa shape index (κ1) is 22.0. The van der Waals surface area contributed by atoms with Crippen molar-refractivity contribution >= 4 is 0 Å². The van der Waals surface area contributed by atoms with Crippen molar-refractivity contribution in [1.82, 2.24) is 14.9 Å². The van der Waals surface area contributed by atoms with Gasteiger partial charge in [-0.15, -0.1) is 0 Å². The van der Waals surface area contributed by atoms with Gasteiger partial charge in [-0.3, -0.25) is 4.90 Å². The van der Waals surface area contributed by atoms with Crippen LogP contribution in [0.3, 0.4) is 0 Å². The van der Waals surface area contributed by atoms with E-state index < -0.39 is 0 Å². The Kier molecular flexibility index (Phi) is 6.83. The minimum atomic E-state index is -0.101. The molecule has 2 heterocycles. The van der Waals surface area contributed by atoms with Crippen molar-refractivity contribution in [2.75, 3.05) is 19.6 Å². The van der Waals surface area contributed by atoms with Crippen LogP contribution >= 0.6 is 0 Å². The fourth-order valence-electron chi connectivity index (χ4n) is 3.48. The minimum absolute atomic E-state index is 0.0652. The van der Waals surface area contributed by atoms with Gasteiger partial charge in [0.15, 0.2) is 5.75 Å². The molecule has 6 heteroatoms. The molecular weight excluding hydrogens is 366 g/mol. The van der Waals surface area contributed by atoms with Gasteiger partial charge < -0.3 is 14.2 Å². The fourth-order valence-corrected chi connectivity index (χ4v) is 3.48. The maximum Gasteiger partial charge on any atom is 0.205 e. The zero-order chi connectivity index (χ0) is 21.1. The van der Waals surface area contributed by atoms with Gasteiger partial charge in [-0.25, -0.2) is 9.97 Å². The molecule has 2 aliphatic rings. The molecular formula is C23H35N3O3. The Balaban J connectivity index is 1.32. The molecule has 1 aromatic rings. The fraction of sp³-hybridized carbons (Fsp3) is 0.739. The van der Waals surface area contributed by atoms with Crippen LogP contribution in [0.2, 0.25) is 0 Å². The van der Waals surface area contributed by atoms with Crippen LogP contribution in [-0.4, -0.2) is 64.0 Å². The van der Waals surface area contributed by atoms with Crippen LogP contribution in [0.15, 0.2) is 12.4 Å².